The maximum Gasteiger partial charge on any atom is 0.0487 e. The first-order valence-corrected chi connectivity index (χ1v) is 8.69. The molecule has 0 spiro atoms. The lowest BCUT2D eigenvalue weighted by Crippen LogP contribution is -2.16. The Morgan fingerprint density at radius 3 is 2.31 bits per heavy atom. The molecule has 3 aromatic carbocycles. The van der Waals surface area contributed by atoms with Gasteiger partial charge < -0.3 is 4.90 Å². The zero-order chi connectivity index (χ0) is 18.4. The summed E-state index contributed by atoms with van der Waals surface area (Å²) in [4.78, 5) is 2.19. The highest BCUT2D eigenvalue weighted by Crippen LogP contribution is 2.32. The number of allylic oxidation sites excluding steroid dienone is 4. The quantitative estimate of drug-likeness (QED) is 0.452. The molecule has 3 aromatic rings. The third kappa shape index (κ3) is 3.52. The van der Waals surface area contributed by atoms with Crippen molar-refractivity contribution in [3.63, 3.8) is 0 Å². The van der Waals surface area contributed by atoms with Crippen molar-refractivity contribution < 1.29 is 0 Å². The van der Waals surface area contributed by atoms with Crippen molar-refractivity contribution in [2.45, 2.75) is 0 Å². The zero-order valence-corrected chi connectivity index (χ0v) is 15.1. The molecule has 0 heterocycles. The molecule has 0 saturated carbocycles. The van der Waals surface area contributed by atoms with Crippen LogP contribution in [-0.4, -0.2) is 7.05 Å². The second-order valence-electron chi connectivity index (χ2n) is 6.02. The molecule has 0 N–H and O–H groups in total. The zero-order valence-electron chi connectivity index (χ0n) is 15.1. The number of anilines is 1. The summed E-state index contributed by atoms with van der Waals surface area (Å²) in [7, 11) is 2.08. The van der Waals surface area contributed by atoms with Crippen LogP contribution in [0.5, 0.6) is 0 Å². The van der Waals surface area contributed by atoms with Gasteiger partial charge in [-0.1, -0.05) is 92.1 Å². The Morgan fingerprint density at radius 1 is 0.846 bits per heavy atom. The molecule has 3 rings (SSSR count). The molecular formula is C25H23N. The first kappa shape index (κ1) is 17.5. The van der Waals surface area contributed by atoms with Gasteiger partial charge in [0.2, 0.25) is 0 Å². The molecule has 128 valence electrons. The molecule has 0 aliphatic carbocycles. The second kappa shape index (κ2) is 8.17. The molecule has 1 nitrogen and oxygen atoms in total. The summed E-state index contributed by atoms with van der Waals surface area (Å²) in [5, 5.41) is 2.44. The van der Waals surface area contributed by atoms with Crippen LogP contribution in [0.1, 0.15) is 11.1 Å². The van der Waals surface area contributed by atoms with Crippen molar-refractivity contribution in [2.24, 2.45) is 0 Å². The first-order valence-electron chi connectivity index (χ1n) is 8.69. The number of nitrogens with zero attached hydrogens (tertiary/aromatic N) is 1. The largest absolute Gasteiger partial charge is 0.344 e. The molecular weight excluding hydrogens is 314 g/mol. The number of hydrogen-bond donors (Lipinski definition) is 0. The summed E-state index contributed by atoms with van der Waals surface area (Å²) < 4.78 is 0. The number of benzene rings is 3. The fraction of sp³-hybridized carbons (Fsp3) is 0.0400. The van der Waals surface area contributed by atoms with Crippen LogP contribution in [0, 0.1) is 0 Å². The van der Waals surface area contributed by atoms with E-state index in [0.29, 0.717) is 0 Å². The number of rotatable bonds is 6. The Bertz CT molecular complexity index is 977. The maximum atomic E-state index is 3.92. The van der Waals surface area contributed by atoms with E-state index < -0.39 is 0 Å². The van der Waals surface area contributed by atoms with Crippen LogP contribution < -0.4 is 4.90 Å². The smallest absolute Gasteiger partial charge is 0.0487 e. The van der Waals surface area contributed by atoms with Gasteiger partial charge in [0.1, 0.15) is 0 Å². The van der Waals surface area contributed by atoms with Crippen LogP contribution >= 0.6 is 0 Å². The van der Waals surface area contributed by atoms with Crippen molar-refractivity contribution >= 4 is 28.2 Å². The van der Waals surface area contributed by atoms with E-state index in [0.717, 1.165) is 16.9 Å². The topological polar surface area (TPSA) is 3.24 Å². The highest BCUT2D eigenvalue weighted by molar-refractivity contribution is 5.97. The van der Waals surface area contributed by atoms with Crippen LogP contribution in [0.4, 0.5) is 5.69 Å². The average Bonchev–Trinajstić information content (AvgIpc) is 2.70. The maximum absolute atomic E-state index is 3.92. The van der Waals surface area contributed by atoms with Crippen LogP contribution in [0.3, 0.4) is 0 Å². The Labute approximate surface area is 155 Å². The minimum atomic E-state index is 1.10. The summed E-state index contributed by atoms with van der Waals surface area (Å²) >= 11 is 0. The van der Waals surface area contributed by atoms with E-state index in [-0.39, 0.29) is 0 Å². The van der Waals surface area contributed by atoms with Gasteiger partial charge in [0.15, 0.2) is 0 Å². The number of fused-ring (bicyclic) bond motifs is 1. The van der Waals surface area contributed by atoms with E-state index >= 15 is 0 Å². The minimum absolute atomic E-state index is 1.10. The summed E-state index contributed by atoms with van der Waals surface area (Å²) in [6.45, 7) is 7.74. The standard InChI is InChI=1S/C25H23N/c1-4-6-16-23-22-17-11-10-13-20(22)18-19-24(23)25(12-5-2)26(3)21-14-8-7-9-15-21/h4-19H,1-2H2,3H3/b16-6-,25-12+. The molecule has 0 amide bonds. The Balaban J connectivity index is 2.23. The van der Waals surface area contributed by atoms with E-state index in [4.69, 9.17) is 0 Å². The lowest BCUT2D eigenvalue weighted by atomic mass is 9.95. The minimum Gasteiger partial charge on any atom is -0.344 e. The van der Waals surface area contributed by atoms with Crippen molar-refractivity contribution in [3.8, 4) is 0 Å². The Kier molecular flexibility index (Phi) is 5.50. The van der Waals surface area contributed by atoms with E-state index in [2.05, 4.69) is 97.9 Å². The van der Waals surface area contributed by atoms with Gasteiger partial charge in [0.25, 0.3) is 0 Å². The number of hydrogen-bond acceptors (Lipinski definition) is 1. The highest BCUT2D eigenvalue weighted by Gasteiger charge is 2.14. The van der Waals surface area contributed by atoms with Crippen LogP contribution in [-0.2, 0) is 0 Å². The molecule has 0 unspecified atom stereocenters. The van der Waals surface area contributed by atoms with Gasteiger partial charge in [-0.3, -0.25) is 0 Å². The lowest BCUT2D eigenvalue weighted by molar-refractivity contribution is 1.22. The molecule has 0 bridgehead atoms. The Morgan fingerprint density at radius 2 is 1.58 bits per heavy atom. The SMILES string of the molecule is C=C/C=C\c1c(/C(=C\C=C)N(C)c2ccccc2)ccc2ccccc12. The highest BCUT2D eigenvalue weighted by atomic mass is 15.1. The molecule has 0 saturated heterocycles. The fourth-order valence-corrected chi connectivity index (χ4v) is 3.15. The monoisotopic (exact) mass is 337 g/mol. The third-order valence-corrected chi connectivity index (χ3v) is 4.43. The first-order chi connectivity index (χ1) is 12.8. The molecule has 0 atom stereocenters. The summed E-state index contributed by atoms with van der Waals surface area (Å²) in [5.74, 6) is 0. The van der Waals surface area contributed by atoms with Gasteiger partial charge in [-0.05, 0) is 34.5 Å². The molecule has 1 heteroatoms. The van der Waals surface area contributed by atoms with Crippen LogP contribution in [0.15, 0.2) is 104 Å². The van der Waals surface area contributed by atoms with Gasteiger partial charge in [-0.25, -0.2) is 0 Å². The van der Waals surface area contributed by atoms with Gasteiger partial charge >= 0.3 is 0 Å². The predicted molar refractivity (Wildman–Crippen MR) is 116 cm³/mol. The third-order valence-electron chi connectivity index (χ3n) is 4.43. The molecule has 0 fully saturated rings. The fourth-order valence-electron chi connectivity index (χ4n) is 3.15. The summed E-state index contributed by atoms with van der Waals surface area (Å²) in [5.41, 5.74) is 4.57. The average molecular weight is 337 g/mol. The van der Waals surface area contributed by atoms with Gasteiger partial charge in [-0.2, -0.15) is 0 Å². The molecule has 0 aliphatic heterocycles. The molecule has 0 aliphatic rings. The van der Waals surface area contributed by atoms with E-state index in [9.17, 15) is 0 Å². The number of para-hydroxylation sites is 1. The normalized spacial score (nSPS) is 11.7. The molecule has 0 aromatic heterocycles. The lowest BCUT2D eigenvalue weighted by Gasteiger charge is -2.25. The van der Waals surface area contributed by atoms with Crippen molar-refractivity contribution in [1.82, 2.24) is 0 Å². The molecule has 0 radical (unpaired) electrons. The summed E-state index contributed by atoms with van der Waals surface area (Å²) in [6.07, 6.45) is 9.82. The van der Waals surface area contributed by atoms with Gasteiger partial charge in [0.05, 0.1) is 0 Å². The van der Waals surface area contributed by atoms with Crippen LogP contribution in [0.25, 0.3) is 22.5 Å². The van der Waals surface area contributed by atoms with Crippen LogP contribution in [0.2, 0.25) is 0 Å². The molecule has 26 heavy (non-hydrogen) atoms. The van der Waals surface area contributed by atoms with E-state index in [1.54, 1.807) is 0 Å². The Hall–Kier alpha value is -3.32. The van der Waals surface area contributed by atoms with Gasteiger partial charge in [-0.15, -0.1) is 0 Å². The van der Waals surface area contributed by atoms with Gasteiger partial charge in [0, 0.05) is 24.0 Å². The van der Waals surface area contributed by atoms with Crippen molar-refractivity contribution in [1.29, 1.82) is 0 Å². The summed E-state index contributed by atoms with van der Waals surface area (Å²) in [6, 6.07) is 23.2. The van der Waals surface area contributed by atoms with E-state index in [1.165, 1.54) is 16.3 Å². The van der Waals surface area contributed by atoms with Crippen molar-refractivity contribution in [3.05, 3.63) is 115 Å². The van der Waals surface area contributed by atoms with Crippen molar-refractivity contribution in [2.75, 3.05) is 11.9 Å². The second-order valence-corrected chi connectivity index (χ2v) is 6.02. The predicted octanol–water partition coefficient (Wildman–Crippen LogP) is 6.70. The van der Waals surface area contributed by atoms with E-state index in [1.807, 2.05) is 24.3 Å².